The van der Waals surface area contributed by atoms with Gasteiger partial charge in [0, 0.05) is 5.39 Å². The van der Waals surface area contributed by atoms with Crippen molar-refractivity contribution in [2.75, 3.05) is 0 Å². The molecule has 3 nitrogen and oxygen atoms in total. The van der Waals surface area contributed by atoms with Crippen molar-refractivity contribution in [3.63, 3.8) is 0 Å². The molecule has 2 rings (SSSR count). The van der Waals surface area contributed by atoms with E-state index in [0.29, 0.717) is 0 Å². The van der Waals surface area contributed by atoms with Crippen molar-refractivity contribution < 1.29 is 9.08 Å². The zero-order valence-corrected chi connectivity index (χ0v) is 9.71. The second kappa shape index (κ2) is 4.10. The van der Waals surface area contributed by atoms with Crippen LogP contribution in [0.1, 0.15) is 21.6 Å². The maximum Gasteiger partial charge on any atom is 0.375 e. The van der Waals surface area contributed by atoms with Gasteiger partial charge in [-0.15, -0.1) is 0 Å². The first kappa shape index (κ1) is 10.9. The number of hydrogen-bond acceptors (Lipinski definition) is 3. The molecule has 0 atom stereocenters. The van der Waals surface area contributed by atoms with Crippen molar-refractivity contribution in [1.29, 1.82) is 0 Å². The first-order valence-electron chi connectivity index (χ1n) is 4.83. The lowest BCUT2D eigenvalue weighted by Crippen LogP contribution is -2.04. The van der Waals surface area contributed by atoms with Crippen molar-refractivity contribution in [3.05, 3.63) is 41.1 Å². The summed E-state index contributed by atoms with van der Waals surface area (Å²) in [4.78, 5) is 15.6. The van der Waals surface area contributed by atoms with Crippen LogP contribution in [0.5, 0.6) is 0 Å². The molecule has 82 valence electrons. The maximum atomic E-state index is 11.3. The Hall–Kier alpha value is -1.61. The molecule has 0 amide bonds. The molecule has 0 N–H and O–H groups in total. The predicted molar refractivity (Wildman–Crippen MR) is 62.5 cm³/mol. The zero-order valence-electron chi connectivity index (χ0n) is 8.95. The summed E-state index contributed by atoms with van der Waals surface area (Å²) in [7, 11) is 0. The lowest BCUT2D eigenvalue weighted by atomic mass is 10.1. The van der Waals surface area contributed by atoms with Gasteiger partial charge in [-0.05, 0) is 37.6 Å². The van der Waals surface area contributed by atoms with Crippen molar-refractivity contribution >= 4 is 28.7 Å². The molecule has 0 aliphatic rings. The van der Waals surface area contributed by atoms with Crippen LogP contribution in [0.2, 0.25) is 0 Å². The average Bonchev–Trinajstić information content (AvgIpc) is 2.27. The largest absolute Gasteiger partial charge is 0.375 e. The third kappa shape index (κ3) is 1.86. The number of benzene rings is 1. The van der Waals surface area contributed by atoms with E-state index < -0.39 is 5.97 Å². The van der Waals surface area contributed by atoms with E-state index in [0.717, 1.165) is 22.0 Å². The van der Waals surface area contributed by atoms with E-state index in [2.05, 4.69) is 9.27 Å². The summed E-state index contributed by atoms with van der Waals surface area (Å²) in [6.07, 6.45) is 0. The van der Waals surface area contributed by atoms with Gasteiger partial charge in [0.2, 0.25) is 0 Å². The fourth-order valence-electron chi connectivity index (χ4n) is 1.64. The van der Waals surface area contributed by atoms with Gasteiger partial charge in [0.25, 0.3) is 0 Å². The highest BCUT2D eigenvalue weighted by molar-refractivity contribution is 6.15. The molecule has 0 spiro atoms. The Morgan fingerprint density at radius 2 is 2.06 bits per heavy atom. The highest BCUT2D eigenvalue weighted by Crippen LogP contribution is 2.18. The molecule has 1 heterocycles. The van der Waals surface area contributed by atoms with Crippen LogP contribution in [0.3, 0.4) is 0 Å². The SMILES string of the molecule is Cc1ccc2nc(C(=O)OCl)c(C)cc2c1. The number of pyridine rings is 1. The first-order valence-corrected chi connectivity index (χ1v) is 5.13. The predicted octanol–water partition coefficient (Wildman–Crippen LogP) is 3.16. The number of halogens is 1. The zero-order chi connectivity index (χ0) is 11.7. The fraction of sp³-hybridized carbons (Fsp3) is 0.167. The summed E-state index contributed by atoms with van der Waals surface area (Å²) in [6.45, 7) is 3.81. The molecule has 0 saturated heterocycles. The molecule has 0 aliphatic carbocycles. The highest BCUT2D eigenvalue weighted by Gasteiger charge is 2.13. The van der Waals surface area contributed by atoms with Gasteiger partial charge in [0.1, 0.15) is 11.9 Å². The van der Waals surface area contributed by atoms with Crippen molar-refractivity contribution in [2.24, 2.45) is 0 Å². The minimum atomic E-state index is -0.623. The molecule has 0 fully saturated rings. The van der Waals surface area contributed by atoms with E-state index in [1.165, 1.54) is 0 Å². The second-order valence-electron chi connectivity index (χ2n) is 3.71. The number of rotatable bonds is 1. The Morgan fingerprint density at radius 1 is 1.31 bits per heavy atom. The van der Waals surface area contributed by atoms with E-state index in [9.17, 15) is 4.79 Å². The lowest BCUT2D eigenvalue weighted by Gasteiger charge is -2.04. The molecule has 4 heteroatoms. The summed E-state index contributed by atoms with van der Waals surface area (Å²) in [5, 5.41) is 1.00. The van der Waals surface area contributed by atoms with Gasteiger partial charge in [-0.2, -0.15) is 0 Å². The Balaban J connectivity index is 2.67. The second-order valence-corrected chi connectivity index (χ2v) is 3.87. The summed E-state index contributed by atoms with van der Waals surface area (Å²) in [6, 6.07) is 7.74. The number of carbonyl (C=O) groups is 1. The van der Waals surface area contributed by atoms with Gasteiger partial charge in [0.15, 0.2) is 5.69 Å². The minimum absolute atomic E-state index is 0.256. The van der Waals surface area contributed by atoms with Crippen LogP contribution in [0.15, 0.2) is 24.3 Å². The lowest BCUT2D eigenvalue weighted by molar-refractivity contribution is 0.0745. The van der Waals surface area contributed by atoms with E-state index in [-0.39, 0.29) is 5.69 Å². The molecule has 16 heavy (non-hydrogen) atoms. The Bertz CT molecular complexity index is 566. The van der Waals surface area contributed by atoms with Gasteiger partial charge < -0.3 is 4.29 Å². The van der Waals surface area contributed by atoms with Crippen LogP contribution in [-0.4, -0.2) is 11.0 Å². The summed E-state index contributed by atoms with van der Waals surface area (Å²) < 4.78 is 4.16. The van der Waals surface area contributed by atoms with Crippen LogP contribution in [0.25, 0.3) is 10.9 Å². The third-order valence-electron chi connectivity index (χ3n) is 2.42. The number of nitrogens with zero attached hydrogens (tertiary/aromatic N) is 1. The van der Waals surface area contributed by atoms with Crippen LogP contribution >= 0.6 is 11.9 Å². The summed E-state index contributed by atoms with van der Waals surface area (Å²) in [5.41, 5.74) is 2.92. The normalized spacial score (nSPS) is 10.4. The topological polar surface area (TPSA) is 39.2 Å². The number of aryl methyl sites for hydroxylation is 2. The van der Waals surface area contributed by atoms with Gasteiger partial charge >= 0.3 is 5.97 Å². The standard InChI is InChI=1S/C12H10ClNO2/c1-7-3-4-10-9(5-7)6-8(2)11(14-10)12(15)16-13/h3-6H,1-2H3. The molecule has 1 aromatic heterocycles. The molecule has 2 aromatic rings. The Kier molecular flexibility index (Phi) is 2.79. The van der Waals surface area contributed by atoms with Crippen LogP contribution in [-0.2, 0) is 4.29 Å². The van der Waals surface area contributed by atoms with Gasteiger partial charge in [-0.3, -0.25) is 0 Å². The average molecular weight is 236 g/mol. The maximum absolute atomic E-state index is 11.3. The fourth-order valence-corrected chi connectivity index (χ4v) is 1.72. The van der Waals surface area contributed by atoms with E-state index >= 15 is 0 Å². The minimum Gasteiger partial charge on any atom is -0.342 e. The summed E-state index contributed by atoms with van der Waals surface area (Å²) >= 11 is 5.05. The van der Waals surface area contributed by atoms with Gasteiger partial charge in [-0.1, -0.05) is 11.6 Å². The quantitative estimate of drug-likeness (QED) is 0.762. The van der Waals surface area contributed by atoms with E-state index in [1.54, 1.807) is 6.92 Å². The molecule has 1 aromatic carbocycles. The molecule has 0 saturated carbocycles. The van der Waals surface area contributed by atoms with Crippen molar-refractivity contribution in [2.45, 2.75) is 13.8 Å². The number of aromatic nitrogens is 1. The van der Waals surface area contributed by atoms with E-state index in [1.807, 2.05) is 31.2 Å². The Morgan fingerprint density at radius 3 is 2.75 bits per heavy atom. The van der Waals surface area contributed by atoms with Crippen LogP contribution < -0.4 is 0 Å². The molecule has 0 bridgehead atoms. The summed E-state index contributed by atoms with van der Waals surface area (Å²) in [5.74, 6) is -0.623. The van der Waals surface area contributed by atoms with Gasteiger partial charge in [0.05, 0.1) is 5.52 Å². The Labute approximate surface area is 98.2 Å². The monoisotopic (exact) mass is 235 g/mol. The van der Waals surface area contributed by atoms with Crippen molar-refractivity contribution in [1.82, 2.24) is 4.98 Å². The molecule has 0 unspecified atom stereocenters. The highest BCUT2D eigenvalue weighted by atomic mass is 35.5. The van der Waals surface area contributed by atoms with E-state index in [4.69, 9.17) is 11.9 Å². The molecule has 0 aliphatic heterocycles. The number of carbonyl (C=O) groups excluding carboxylic acids is 1. The third-order valence-corrected chi connectivity index (χ3v) is 2.56. The smallest absolute Gasteiger partial charge is 0.342 e. The molecule has 0 radical (unpaired) electrons. The van der Waals surface area contributed by atoms with Gasteiger partial charge in [-0.25, -0.2) is 9.78 Å². The van der Waals surface area contributed by atoms with Crippen LogP contribution in [0.4, 0.5) is 0 Å². The number of fused-ring (bicyclic) bond motifs is 1. The van der Waals surface area contributed by atoms with Crippen LogP contribution in [0, 0.1) is 13.8 Å². The molecular formula is C12H10ClNO2. The molecular weight excluding hydrogens is 226 g/mol. The first-order chi connectivity index (χ1) is 7.61. The van der Waals surface area contributed by atoms with Crippen molar-refractivity contribution in [3.8, 4) is 0 Å². The number of hydrogen-bond donors (Lipinski definition) is 0.